The van der Waals surface area contributed by atoms with E-state index in [0.29, 0.717) is 35.8 Å². The van der Waals surface area contributed by atoms with E-state index in [4.69, 9.17) is 16.2 Å². The van der Waals surface area contributed by atoms with Gasteiger partial charge in [-0.2, -0.15) is 9.55 Å². The molecular formula is C34H54N8O3+2. The van der Waals surface area contributed by atoms with Gasteiger partial charge in [0.15, 0.2) is 11.9 Å². The normalized spacial score (nSPS) is 25.8. The Balaban J connectivity index is 1.11. The van der Waals surface area contributed by atoms with Crippen LogP contribution in [0.4, 0.5) is 11.5 Å². The second kappa shape index (κ2) is 13.2. The third-order valence-electron chi connectivity index (χ3n) is 9.76. The molecule has 11 heteroatoms. The zero-order valence-electron chi connectivity index (χ0n) is 28.0. The maximum absolute atomic E-state index is 11.0. The van der Waals surface area contributed by atoms with Gasteiger partial charge >= 0.3 is 17.5 Å². The molecule has 2 aliphatic rings. The molecule has 2 aromatic heterocycles. The molecule has 0 amide bonds. The Morgan fingerprint density at radius 2 is 1.96 bits per heavy atom. The number of aromatic amines is 1. The summed E-state index contributed by atoms with van der Waals surface area (Å²) in [4.78, 5) is 9.81. The molecule has 4 unspecified atom stereocenters. The van der Waals surface area contributed by atoms with Gasteiger partial charge in [-0.25, -0.2) is 4.98 Å². The molecule has 1 aliphatic heterocycles. The van der Waals surface area contributed by atoms with Crippen LogP contribution in [-0.2, 0) is 17.2 Å². The van der Waals surface area contributed by atoms with Gasteiger partial charge in [0.1, 0.15) is 13.2 Å². The lowest BCUT2D eigenvalue weighted by molar-refractivity contribution is -0.806. The lowest BCUT2D eigenvalue weighted by Crippen LogP contribution is -2.50. The molecule has 1 aliphatic carbocycles. The molecule has 0 spiro atoms. The van der Waals surface area contributed by atoms with Crippen molar-refractivity contribution in [2.24, 2.45) is 18.7 Å². The smallest absolute Gasteiger partial charge is 0.401 e. The molecule has 2 fully saturated rings. The van der Waals surface area contributed by atoms with Gasteiger partial charge in [-0.15, -0.1) is 4.57 Å². The van der Waals surface area contributed by atoms with E-state index in [9.17, 15) is 10.2 Å². The highest BCUT2D eigenvalue weighted by atomic mass is 16.6. The Morgan fingerprint density at radius 3 is 2.64 bits per heavy atom. The largest absolute Gasteiger partial charge is 0.403 e. The van der Waals surface area contributed by atoms with Crippen molar-refractivity contribution >= 4 is 22.7 Å². The summed E-state index contributed by atoms with van der Waals surface area (Å²) in [7, 11) is 1.86. The molecule has 11 nitrogen and oxygen atoms in total. The average molecular weight is 623 g/mol. The first-order valence-corrected chi connectivity index (χ1v) is 16.4. The first kappa shape index (κ1) is 33.1. The molecule has 0 radical (unpaired) electrons. The molecule has 8 N–H and O–H groups in total. The van der Waals surface area contributed by atoms with E-state index in [1.807, 2.05) is 17.8 Å². The lowest BCUT2D eigenvalue weighted by atomic mass is 9.76. The molecule has 45 heavy (non-hydrogen) atoms. The lowest BCUT2D eigenvalue weighted by Gasteiger charge is -2.45. The van der Waals surface area contributed by atoms with Crippen LogP contribution in [0.15, 0.2) is 42.8 Å². The number of nitrogens with zero attached hydrogens (tertiary/aromatic N) is 4. The number of hydrogen-bond donors (Lipinski definition) is 6. The molecule has 4 atom stereocenters. The van der Waals surface area contributed by atoms with Crippen LogP contribution in [0, 0.1) is 12.8 Å². The van der Waals surface area contributed by atoms with Crippen molar-refractivity contribution in [2.75, 3.05) is 17.6 Å². The quantitative estimate of drug-likeness (QED) is 0.179. The first-order chi connectivity index (χ1) is 21.2. The fraction of sp³-hybridized carbons (Fsp3) is 0.618. The number of benzene rings is 1. The van der Waals surface area contributed by atoms with Gasteiger partial charge in [-0.3, -0.25) is 4.90 Å². The predicted molar refractivity (Wildman–Crippen MR) is 176 cm³/mol. The van der Waals surface area contributed by atoms with E-state index in [1.165, 1.54) is 11.1 Å². The van der Waals surface area contributed by atoms with E-state index in [1.54, 1.807) is 17.2 Å². The Hall–Kier alpha value is -3.25. The molecule has 1 saturated heterocycles. The number of ether oxygens (including phenoxy) is 1. The summed E-state index contributed by atoms with van der Waals surface area (Å²) in [5, 5.41) is 25.4. The van der Waals surface area contributed by atoms with Crippen molar-refractivity contribution < 1.29 is 24.1 Å². The SMILES string of the molecule is Cc1ccc(C(C)(C)C)cc1NC=C(N)CCC1CC(N(CCC2OC([n+]3c[nH]c4c(N)nc[n+](C)c43)C(O)C2O)C(C)C)C1. The number of nitrogens with two attached hydrogens (primary N) is 2. The Kier molecular flexibility index (Phi) is 9.74. The molecule has 3 heterocycles. The van der Waals surface area contributed by atoms with Crippen molar-refractivity contribution in [1.82, 2.24) is 14.9 Å². The minimum absolute atomic E-state index is 0.0978. The number of hydrogen-bond acceptors (Lipinski definition) is 8. The van der Waals surface area contributed by atoms with Crippen LogP contribution in [-0.4, -0.2) is 62.0 Å². The topological polar surface area (TPSA) is 153 Å². The van der Waals surface area contributed by atoms with E-state index in [-0.39, 0.29) is 5.41 Å². The van der Waals surface area contributed by atoms with Gasteiger partial charge < -0.3 is 31.7 Å². The third-order valence-corrected chi connectivity index (χ3v) is 9.76. The summed E-state index contributed by atoms with van der Waals surface area (Å²) >= 11 is 0. The van der Waals surface area contributed by atoms with E-state index >= 15 is 0 Å². The van der Waals surface area contributed by atoms with Crippen LogP contribution in [0.5, 0.6) is 0 Å². The monoisotopic (exact) mass is 622 g/mol. The van der Waals surface area contributed by atoms with Crippen LogP contribution in [0.3, 0.4) is 0 Å². The summed E-state index contributed by atoms with van der Waals surface area (Å²) in [5.74, 6) is 1.01. The summed E-state index contributed by atoms with van der Waals surface area (Å²) in [6, 6.07) is 7.45. The summed E-state index contributed by atoms with van der Waals surface area (Å²) in [6.07, 6.45) is 6.90. The van der Waals surface area contributed by atoms with Gasteiger partial charge in [0.25, 0.3) is 6.23 Å². The fourth-order valence-electron chi connectivity index (χ4n) is 6.80. The van der Waals surface area contributed by atoms with E-state index in [0.717, 1.165) is 49.3 Å². The molecule has 3 aromatic rings. The highest BCUT2D eigenvalue weighted by molar-refractivity contribution is 5.75. The van der Waals surface area contributed by atoms with Gasteiger partial charge in [0.05, 0.1) is 6.10 Å². The first-order valence-electron chi connectivity index (χ1n) is 16.4. The van der Waals surface area contributed by atoms with Crippen LogP contribution in [0.25, 0.3) is 11.2 Å². The molecular weight excluding hydrogens is 568 g/mol. The zero-order valence-corrected chi connectivity index (χ0v) is 28.0. The van der Waals surface area contributed by atoms with Gasteiger partial charge in [0, 0.05) is 36.2 Å². The highest BCUT2D eigenvalue weighted by Gasteiger charge is 2.49. The molecule has 1 saturated carbocycles. The van der Waals surface area contributed by atoms with Crippen molar-refractivity contribution in [3.05, 3.63) is 53.9 Å². The number of fused-ring (bicyclic) bond motifs is 1. The second-order valence-electron chi connectivity index (χ2n) is 14.5. The van der Waals surface area contributed by atoms with Crippen molar-refractivity contribution in [1.29, 1.82) is 0 Å². The standard InChI is InChI=1S/C34H52N8O3/c1-20(2)41(13-12-27-29(43)30(44)33(45-27)42-19-38-28-31(36)39-18-40(7)32(28)42)25-14-22(15-25)9-11-24(35)17-37-26-16-23(34(4,5)6)10-8-21(26)3/h8,10,16-20,22,25,27,29-30,33,36-37,43-44H,9,11-15,35H2,1-7H3/p+2. The van der Waals surface area contributed by atoms with Gasteiger partial charge in [0.2, 0.25) is 6.33 Å². The Morgan fingerprint density at radius 1 is 1.22 bits per heavy atom. The average Bonchev–Trinajstić information content (AvgIpc) is 3.52. The number of allylic oxidation sites excluding steroid dienone is 1. The number of aromatic nitrogens is 4. The van der Waals surface area contributed by atoms with Crippen LogP contribution >= 0.6 is 0 Å². The number of aryl methyl sites for hydroxylation is 2. The Labute approximate surface area is 267 Å². The number of imidazole rings is 1. The number of H-pyrrole nitrogens is 1. The summed E-state index contributed by atoms with van der Waals surface area (Å²) in [6.45, 7) is 14.0. The Bertz CT molecular complexity index is 1510. The molecule has 5 rings (SSSR count). The predicted octanol–water partition coefficient (Wildman–Crippen LogP) is 3.05. The maximum atomic E-state index is 11.0. The molecule has 246 valence electrons. The number of rotatable bonds is 11. The third kappa shape index (κ3) is 7.11. The molecule has 0 bridgehead atoms. The number of anilines is 2. The number of aliphatic hydroxyl groups excluding tert-OH is 2. The van der Waals surface area contributed by atoms with Crippen molar-refractivity contribution in [2.45, 2.75) is 116 Å². The minimum atomic E-state index is -1.06. The van der Waals surface area contributed by atoms with Crippen LogP contribution in [0.2, 0.25) is 0 Å². The minimum Gasteiger partial charge on any atom is -0.401 e. The summed E-state index contributed by atoms with van der Waals surface area (Å²) in [5.41, 5.74) is 18.4. The second-order valence-corrected chi connectivity index (χ2v) is 14.5. The number of nitrogen functional groups attached to an aromatic ring is 1. The zero-order chi connectivity index (χ0) is 32.6. The van der Waals surface area contributed by atoms with E-state index in [2.05, 4.69) is 79.9 Å². The van der Waals surface area contributed by atoms with Crippen molar-refractivity contribution in [3.63, 3.8) is 0 Å². The van der Waals surface area contributed by atoms with Crippen molar-refractivity contribution in [3.8, 4) is 0 Å². The highest BCUT2D eigenvalue weighted by Crippen LogP contribution is 2.37. The summed E-state index contributed by atoms with van der Waals surface area (Å²) < 4.78 is 9.89. The van der Waals surface area contributed by atoms with E-state index < -0.39 is 24.5 Å². The number of aliphatic hydroxyl groups is 2. The van der Waals surface area contributed by atoms with Gasteiger partial charge in [-0.1, -0.05) is 32.9 Å². The van der Waals surface area contributed by atoms with Crippen LogP contribution in [0.1, 0.15) is 84.1 Å². The van der Waals surface area contributed by atoms with Gasteiger partial charge in [-0.05, 0) is 81.4 Å². The number of nitrogens with one attached hydrogen (secondary N) is 2. The fourth-order valence-corrected chi connectivity index (χ4v) is 6.80. The maximum Gasteiger partial charge on any atom is 0.403 e. The van der Waals surface area contributed by atoms with Crippen LogP contribution < -0.4 is 25.9 Å². The molecule has 1 aromatic carbocycles.